The first-order valence-corrected chi connectivity index (χ1v) is 11.1. The molecule has 0 spiro atoms. The van der Waals surface area contributed by atoms with Gasteiger partial charge in [0, 0.05) is 6.42 Å². The van der Waals surface area contributed by atoms with Crippen molar-refractivity contribution in [1.29, 1.82) is 21.2 Å². The van der Waals surface area contributed by atoms with Crippen molar-refractivity contribution >= 4 is 5.90 Å². The van der Waals surface area contributed by atoms with Crippen LogP contribution in [-0.2, 0) is 9.47 Å². The van der Waals surface area contributed by atoms with Crippen molar-refractivity contribution < 1.29 is 9.47 Å². The molecule has 158 valence electrons. The lowest BCUT2D eigenvalue weighted by Gasteiger charge is -2.48. The predicted molar refractivity (Wildman–Crippen MR) is 109 cm³/mol. The SMILES string of the molecule is CCCCCCCCCCCC1OC2(CC)OC(=N)C(C#N)(C2C)C1(C#N)C#N. The third kappa shape index (κ3) is 3.62. The molecule has 4 unspecified atom stereocenters. The topological polar surface area (TPSA) is 114 Å². The van der Waals surface area contributed by atoms with E-state index in [4.69, 9.17) is 14.9 Å². The normalized spacial score (nSPS) is 32.1. The molecule has 0 aliphatic carbocycles. The summed E-state index contributed by atoms with van der Waals surface area (Å²) in [7, 11) is 0. The van der Waals surface area contributed by atoms with Gasteiger partial charge in [-0.1, -0.05) is 78.6 Å². The van der Waals surface area contributed by atoms with E-state index in [-0.39, 0.29) is 5.90 Å². The van der Waals surface area contributed by atoms with Crippen LogP contribution in [0, 0.1) is 56.2 Å². The molecule has 0 amide bonds. The fraction of sp³-hybridized carbons (Fsp3) is 0.826. The third-order valence-electron chi connectivity index (χ3n) is 6.98. The summed E-state index contributed by atoms with van der Waals surface area (Å²) in [6, 6.07) is 6.33. The highest BCUT2D eigenvalue weighted by atomic mass is 16.7. The molecule has 0 aromatic heterocycles. The highest BCUT2D eigenvalue weighted by Gasteiger charge is 2.78. The summed E-state index contributed by atoms with van der Waals surface area (Å²) >= 11 is 0. The van der Waals surface area contributed by atoms with E-state index < -0.39 is 28.6 Å². The number of unbranched alkanes of at least 4 members (excludes halogenated alkanes) is 8. The van der Waals surface area contributed by atoms with Crippen molar-refractivity contribution in [2.24, 2.45) is 16.7 Å². The molecular formula is C23H34N4O2. The van der Waals surface area contributed by atoms with Crippen LogP contribution < -0.4 is 0 Å². The largest absolute Gasteiger partial charge is 0.447 e. The lowest BCUT2D eigenvalue weighted by atomic mass is 9.54. The fourth-order valence-corrected chi connectivity index (χ4v) is 5.06. The van der Waals surface area contributed by atoms with Gasteiger partial charge in [0.1, 0.15) is 0 Å². The van der Waals surface area contributed by atoms with Gasteiger partial charge in [-0.3, -0.25) is 5.41 Å². The van der Waals surface area contributed by atoms with Crippen molar-refractivity contribution in [2.75, 3.05) is 0 Å². The van der Waals surface area contributed by atoms with Crippen LogP contribution in [0.5, 0.6) is 0 Å². The first-order valence-electron chi connectivity index (χ1n) is 11.1. The third-order valence-corrected chi connectivity index (χ3v) is 6.98. The molecule has 0 radical (unpaired) electrons. The maximum absolute atomic E-state index is 10.0. The molecule has 6 nitrogen and oxygen atoms in total. The Labute approximate surface area is 175 Å². The van der Waals surface area contributed by atoms with Crippen LogP contribution in [-0.4, -0.2) is 17.8 Å². The number of nitrogens with one attached hydrogen (secondary N) is 1. The summed E-state index contributed by atoms with van der Waals surface area (Å²) in [6.45, 7) is 5.86. The minimum Gasteiger partial charge on any atom is -0.447 e. The Balaban J connectivity index is 2.06. The number of nitrogens with zero attached hydrogens (tertiary/aromatic N) is 3. The highest BCUT2D eigenvalue weighted by Crippen LogP contribution is 2.63. The zero-order valence-electron chi connectivity index (χ0n) is 18.1. The van der Waals surface area contributed by atoms with Crippen molar-refractivity contribution in [3.05, 3.63) is 0 Å². The van der Waals surface area contributed by atoms with E-state index in [0.717, 1.165) is 19.3 Å². The monoisotopic (exact) mass is 398 g/mol. The molecule has 0 aromatic carbocycles. The van der Waals surface area contributed by atoms with Crippen molar-refractivity contribution in [3.8, 4) is 18.2 Å². The van der Waals surface area contributed by atoms with Gasteiger partial charge in [-0.25, -0.2) is 0 Å². The van der Waals surface area contributed by atoms with E-state index in [0.29, 0.717) is 12.8 Å². The van der Waals surface area contributed by atoms with Crippen molar-refractivity contribution in [2.45, 2.75) is 103 Å². The first kappa shape index (κ1) is 23.2. The zero-order chi connectivity index (χ0) is 21.5. The average Bonchev–Trinajstić information content (AvgIpc) is 2.89. The molecule has 1 N–H and O–H groups in total. The standard InChI is InChI=1S/C23H34N4O2/c1-4-6-7-8-9-10-11-12-13-14-19-21(15-24,16-25)22(17-26)18(3)23(5-2,28-19)29-20(22)27/h18-19,27H,4-14H2,1-3H3. The Hall–Kier alpha value is -2.10. The predicted octanol–water partition coefficient (Wildman–Crippen LogP) is 5.60. The molecule has 2 aliphatic rings. The van der Waals surface area contributed by atoms with E-state index in [1.165, 1.54) is 38.5 Å². The number of fused-ring (bicyclic) bond motifs is 2. The van der Waals surface area contributed by atoms with Crippen LogP contribution in [0.15, 0.2) is 0 Å². The van der Waals surface area contributed by atoms with Gasteiger partial charge in [0.2, 0.25) is 11.7 Å². The number of hydrogen-bond acceptors (Lipinski definition) is 6. The lowest BCUT2D eigenvalue weighted by Crippen LogP contribution is -2.61. The van der Waals surface area contributed by atoms with Gasteiger partial charge in [-0.15, -0.1) is 0 Å². The van der Waals surface area contributed by atoms with Crippen LogP contribution in [0.2, 0.25) is 0 Å². The smallest absolute Gasteiger partial charge is 0.216 e. The Morgan fingerprint density at radius 1 is 0.897 bits per heavy atom. The van der Waals surface area contributed by atoms with Gasteiger partial charge in [0.15, 0.2) is 10.8 Å². The number of ether oxygens (including phenoxy) is 2. The molecule has 6 heteroatoms. The minimum absolute atomic E-state index is 0.299. The maximum atomic E-state index is 10.0. The van der Waals surface area contributed by atoms with Gasteiger partial charge in [0.05, 0.1) is 30.2 Å². The maximum Gasteiger partial charge on any atom is 0.216 e. The Morgan fingerprint density at radius 2 is 1.45 bits per heavy atom. The van der Waals surface area contributed by atoms with E-state index >= 15 is 0 Å². The fourth-order valence-electron chi connectivity index (χ4n) is 5.06. The van der Waals surface area contributed by atoms with Crippen LogP contribution in [0.3, 0.4) is 0 Å². The summed E-state index contributed by atoms with van der Waals surface area (Å²) in [4.78, 5) is 0. The second-order valence-electron chi connectivity index (χ2n) is 8.49. The van der Waals surface area contributed by atoms with E-state index in [1.807, 2.05) is 6.92 Å². The summed E-state index contributed by atoms with van der Waals surface area (Å²) in [6.07, 6.45) is 10.8. The van der Waals surface area contributed by atoms with Gasteiger partial charge >= 0.3 is 0 Å². The van der Waals surface area contributed by atoms with Gasteiger partial charge < -0.3 is 9.47 Å². The average molecular weight is 399 g/mol. The molecule has 0 aromatic rings. The minimum atomic E-state index is -1.73. The van der Waals surface area contributed by atoms with Gasteiger partial charge in [-0.2, -0.15) is 15.8 Å². The van der Waals surface area contributed by atoms with E-state index in [1.54, 1.807) is 6.92 Å². The molecule has 2 saturated heterocycles. The lowest BCUT2D eigenvalue weighted by molar-refractivity contribution is -0.278. The first-order chi connectivity index (χ1) is 13.9. The molecule has 2 fully saturated rings. The molecule has 4 atom stereocenters. The van der Waals surface area contributed by atoms with Gasteiger partial charge in [0.25, 0.3) is 0 Å². The summed E-state index contributed by atoms with van der Waals surface area (Å²) in [5.41, 5.74) is -3.32. The van der Waals surface area contributed by atoms with E-state index in [2.05, 4.69) is 25.1 Å². The van der Waals surface area contributed by atoms with Crippen molar-refractivity contribution in [1.82, 2.24) is 0 Å². The molecule has 2 bridgehead atoms. The van der Waals surface area contributed by atoms with Crippen LogP contribution in [0.4, 0.5) is 0 Å². The summed E-state index contributed by atoms with van der Waals surface area (Å²) < 4.78 is 12.0. The second-order valence-corrected chi connectivity index (χ2v) is 8.49. The number of nitriles is 3. The molecule has 2 heterocycles. The zero-order valence-corrected chi connectivity index (χ0v) is 18.1. The quantitative estimate of drug-likeness (QED) is 0.455. The summed E-state index contributed by atoms with van der Waals surface area (Å²) in [5.74, 6) is -1.96. The van der Waals surface area contributed by atoms with Crippen molar-refractivity contribution in [3.63, 3.8) is 0 Å². The Morgan fingerprint density at radius 3 is 1.93 bits per heavy atom. The number of hydrogen-bond donors (Lipinski definition) is 1. The van der Waals surface area contributed by atoms with Crippen LogP contribution in [0.25, 0.3) is 0 Å². The highest BCUT2D eigenvalue weighted by molar-refractivity contribution is 5.89. The second kappa shape index (κ2) is 9.60. The van der Waals surface area contributed by atoms with Gasteiger partial charge in [-0.05, 0) is 6.42 Å². The van der Waals surface area contributed by atoms with E-state index in [9.17, 15) is 15.8 Å². The Kier molecular flexibility index (Phi) is 7.67. The molecule has 29 heavy (non-hydrogen) atoms. The number of rotatable bonds is 11. The van der Waals surface area contributed by atoms with Crippen LogP contribution in [0.1, 0.15) is 91.4 Å². The molecule has 2 rings (SSSR count). The molecule has 0 saturated carbocycles. The molecular weight excluding hydrogens is 364 g/mol. The molecule has 2 aliphatic heterocycles. The van der Waals surface area contributed by atoms with Crippen LogP contribution >= 0.6 is 0 Å². The Bertz CT molecular complexity index is 702. The summed E-state index contributed by atoms with van der Waals surface area (Å²) in [5, 5.41) is 38.4.